The molecule has 2 fully saturated rings. The maximum Gasteiger partial charge on any atom is 0.386 e. The molecule has 2 aliphatic heterocycles. The van der Waals surface area contributed by atoms with Gasteiger partial charge < -0.3 is 10.2 Å². The Hall–Kier alpha value is -3.18. The molecule has 0 radical (unpaired) electrons. The molecule has 2 aliphatic rings. The van der Waals surface area contributed by atoms with Crippen molar-refractivity contribution in [2.75, 3.05) is 37.6 Å². The van der Waals surface area contributed by atoms with Crippen molar-refractivity contribution in [2.45, 2.75) is 45.5 Å². The number of rotatable bonds is 5. The van der Waals surface area contributed by atoms with Gasteiger partial charge in [-0.1, -0.05) is 11.6 Å². The molecule has 7 nitrogen and oxygen atoms in total. The maximum absolute atomic E-state index is 13.8. The number of hydrogen-bond acceptors (Lipinski definition) is 5. The molecule has 39 heavy (non-hydrogen) atoms. The van der Waals surface area contributed by atoms with Crippen LogP contribution in [0.4, 0.5) is 23.2 Å². The summed E-state index contributed by atoms with van der Waals surface area (Å²) >= 11 is 6.00. The number of piperazine rings is 1. The number of alkyl halides is 3. The van der Waals surface area contributed by atoms with Gasteiger partial charge in [-0.05, 0) is 62.7 Å². The number of aromatic nitrogens is 2. The highest BCUT2D eigenvalue weighted by molar-refractivity contribution is 6.31. The molecule has 0 spiro atoms. The van der Waals surface area contributed by atoms with Crippen LogP contribution in [-0.2, 0) is 11.3 Å². The van der Waals surface area contributed by atoms with E-state index in [4.69, 9.17) is 16.6 Å². The quantitative estimate of drug-likeness (QED) is 0.447. The van der Waals surface area contributed by atoms with E-state index in [0.29, 0.717) is 29.1 Å². The Labute approximate surface area is 228 Å². The lowest BCUT2D eigenvalue weighted by atomic mass is 10.1. The highest BCUT2D eigenvalue weighted by Gasteiger charge is 2.30. The number of nitrogens with one attached hydrogen (secondary N) is 1. The zero-order valence-electron chi connectivity index (χ0n) is 21.7. The van der Waals surface area contributed by atoms with Crippen molar-refractivity contribution in [1.82, 2.24) is 19.8 Å². The number of carbonyl (C=O) groups is 1. The van der Waals surface area contributed by atoms with Crippen molar-refractivity contribution in [2.24, 2.45) is 0 Å². The summed E-state index contributed by atoms with van der Waals surface area (Å²) < 4.78 is 46.2. The molecule has 3 heterocycles. The average Bonchev–Trinajstić information content (AvgIpc) is 3.34. The summed E-state index contributed by atoms with van der Waals surface area (Å²) in [5.74, 6) is -0.581. The number of hydrogen-bond donors (Lipinski definition) is 1. The SMILES string of the molecule is CC(F)(F)F.CCNC(=O)Cn1c(-c2ccc(F)c(Cl)c2)nc2ccc(N3CCN4CCCC4C3)cc2c1=O. The molecular formula is C27H30ClF4N5O2. The molecule has 1 unspecified atom stereocenters. The van der Waals surface area contributed by atoms with Crippen molar-refractivity contribution in [1.29, 1.82) is 0 Å². The van der Waals surface area contributed by atoms with Crippen LogP contribution in [0.2, 0.25) is 5.02 Å². The van der Waals surface area contributed by atoms with Crippen LogP contribution in [0.5, 0.6) is 0 Å². The maximum atomic E-state index is 13.8. The first-order valence-electron chi connectivity index (χ1n) is 12.8. The first-order chi connectivity index (χ1) is 18.4. The minimum absolute atomic E-state index is 0.0715. The number of carbonyl (C=O) groups excluding carboxylic acids is 1. The third kappa shape index (κ3) is 7.07. The largest absolute Gasteiger partial charge is 0.386 e. The molecule has 1 amide bonds. The molecule has 2 aromatic carbocycles. The smallest absolute Gasteiger partial charge is 0.369 e. The predicted octanol–water partition coefficient (Wildman–Crippen LogP) is 4.85. The van der Waals surface area contributed by atoms with E-state index in [1.807, 2.05) is 25.1 Å². The molecule has 1 N–H and O–H groups in total. The van der Waals surface area contributed by atoms with Gasteiger partial charge >= 0.3 is 6.18 Å². The van der Waals surface area contributed by atoms with Crippen LogP contribution >= 0.6 is 11.6 Å². The first-order valence-corrected chi connectivity index (χ1v) is 13.1. The first kappa shape index (κ1) is 28.8. The fourth-order valence-corrected chi connectivity index (χ4v) is 5.21. The van der Waals surface area contributed by atoms with Crippen molar-refractivity contribution < 1.29 is 22.4 Å². The van der Waals surface area contributed by atoms with E-state index >= 15 is 0 Å². The van der Waals surface area contributed by atoms with E-state index < -0.39 is 12.0 Å². The summed E-state index contributed by atoms with van der Waals surface area (Å²) in [4.78, 5) is 35.6. The number of halogens is 5. The van der Waals surface area contributed by atoms with Gasteiger partial charge in [-0.3, -0.25) is 19.1 Å². The molecule has 1 aromatic heterocycles. The summed E-state index contributed by atoms with van der Waals surface area (Å²) in [6.45, 7) is 6.30. The Morgan fingerprint density at radius 3 is 2.59 bits per heavy atom. The standard InChI is InChI=1S/C25H27ClFN5O2.C2H3F3/c1-2-28-23(33)15-32-24(16-5-7-21(27)20(26)12-16)29-22-8-6-17(13-19(22)25(32)34)31-11-10-30-9-3-4-18(30)14-31;1-2(3,4)5/h5-8,12-13,18H,2-4,9-11,14-15H2,1H3,(H,28,33);1H3. The predicted molar refractivity (Wildman–Crippen MR) is 144 cm³/mol. The molecule has 12 heteroatoms. The Bertz CT molecular complexity index is 1410. The topological polar surface area (TPSA) is 70.5 Å². The van der Waals surface area contributed by atoms with Gasteiger partial charge in [-0.2, -0.15) is 13.2 Å². The van der Waals surface area contributed by atoms with E-state index in [0.717, 1.165) is 25.3 Å². The zero-order valence-corrected chi connectivity index (χ0v) is 22.4. The third-order valence-corrected chi connectivity index (χ3v) is 7.03. The Kier molecular flexibility index (Phi) is 8.80. The lowest BCUT2D eigenvalue weighted by Crippen LogP contribution is -2.50. The van der Waals surface area contributed by atoms with E-state index in [1.165, 1.54) is 42.2 Å². The van der Waals surface area contributed by atoms with Gasteiger partial charge in [0.05, 0.1) is 15.9 Å². The van der Waals surface area contributed by atoms with E-state index in [2.05, 4.69) is 15.1 Å². The monoisotopic (exact) mass is 567 g/mol. The second kappa shape index (κ2) is 11.9. The lowest BCUT2D eigenvalue weighted by molar-refractivity contribution is -0.121. The van der Waals surface area contributed by atoms with Crippen LogP contribution in [0.1, 0.15) is 26.7 Å². The molecule has 2 saturated heterocycles. The Morgan fingerprint density at radius 2 is 1.90 bits per heavy atom. The third-order valence-electron chi connectivity index (χ3n) is 6.74. The lowest BCUT2D eigenvalue weighted by Gasteiger charge is -2.38. The molecule has 0 aliphatic carbocycles. The zero-order chi connectivity index (χ0) is 28.3. The number of anilines is 1. The molecule has 0 bridgehead atoms. The summed E-state index contributed by atoms with van der Waals surface area (Å²) in [6.07, 6.45) is -1.56. The molecule has 3 aromatic rings. The summed E-state index contributed by atoms with van der Waals surface area (Å²) in [6, 6.07) is 10.4. The van der Waals surface area contributed by atoms with Gasteiger partial charge in [0, 0.05) is 50.4 Å². The van der Waals surface area contributed by atoms with E-state index in [9.17, 15) is 27.2 Å². The normalized spacial score (nSPS) is 17.5. The number of fused-ring (bicyclic) bond motifs is 2. The van der Waals surface area contributed by atoms with E-state index in [1.54, 1.807) is 0 Å². The number of likely N-dealkylation sites (N-methyl/N-ethyl adjacent to an activating group) is 1. The van der Waals surface area contributed by atoms with Crippen LogP contribution < -0.4 is 15.8 Å². The second-order valence-electron chi connectivity index (χ2n) is 9.67. The van der Waals surface area contributed by atoms with Crippen molar-refractivity contribution in [3.63, 3.8) is 0 Å². The van der Waals surface area contributed by atoms with Crippen LogP contribution in [0.3, 0.4) is 0 Å². The fourth-order valence-electron chi connectivity index (χ4n) is 5.03. The second-order valence-corrected chi connectivity index (χ2v) is 10.1. The number of amides is 1. The van der Waals surface area contributed by atoms with Crippen LogP contribution in [0, 0.1) is 5.82 Å². The molecule has 5 rings (SSSR count). The number of benzene rings is 2. The van der Waals surface area contributed by atoms with Gasteiger partial charge in [0.25, 0.3) is 5.56 Å². The molecule has 0 saturated carbocycles. The van der Waals surface area contributed by atoms with E-state index in [-0.39, 0.29) is 35.8 Å². The molecular weight excluding hydrogens is 538 g/mol. The van der Waals surface area contributed by atoms with Crippen molar-refractivity contribution in [3.8, 4) is 11.4 Å². The van der Waals surface area contributed by atoms with Gasteiger partial charge in [-0.25, -0.2) is 9.37 Å². The van der Waals surface area contributed by atoms with Gasteiger partial charge in [0.1, 0.15) is 18.2 Å². The fraction of sp³-hybridized carbons (Fsp3) is 0.444. The van der Waals surface area contributed by atoms with Crippen molar-refractivity contribution >= 4 is 34.1 Å². The van der Waals surface area contributed by atoms with Gasteiger partial charge in [-0.15, -0.1) is 0 Å². The van der Waals surface area contributed by atoms with Crippen LogP contribution in [-0.4, -0.2) is 65.3 Å². The number of nitrogens with zero attached hydrogens (tertiary/aromatic N) is 4. The minimum atomic E-state index is -4.00. The van der Waals surface area contributed by atoms with Crippen molar-refractivity contribution in [3.05, 3.63) is 57.6 Å². The Morgan fingerprint density at radius 1 is 1.15 bits per heavy atom. The molecule has 210 valence electrons. The summed E-state index contributed by atoms with van der Waals surface area (Å²) in [5.41, 5.74) is 1.67. The van der Waals surface area contributed by atoms with Gasteiger partial charge in [0.2, 0.25) is 5.91 Å². The van der Waals surface area contributed by atoms with Gasteiger partial charge in [0.15, 0.2) is 0 Å². The van der Waals surface area contributed by atoms with Crippen LogP contribution in [0.15, 0.2) is 41.2 Å². The minimum Gasteiger partial charge on any atom is -0.369 e. The van der Waals surface area contributed by atoms with Crippen LogP contribution in [0.25, 0.3) is 22.3 Å². The highest BCUT2D eigenvalue weighted by Crippen LogP contribution is 2.28. The average molecular weight is 568 g/mol. The molecule has 1 atom stereocenters. The summed E-state index contributed by atoms with van der Waals surface area (Å²) in [7, 11) is 0. The highest BCUT2D eigenvalue weighted by atomic mass is 35.5. The Balaban J connectivity index is 0.000000648. The summed E-state index contributed by atoms with van der Waals surface area (Å²) in [5, 5.41) is 3.11.